The van der Waals surface area contributed by atoms with Gasteiger partial charge in [-0.1, -0.05) is 30.3 Å². The SMILES string of the molecule is CCOC(=O)CNC(=S)N(Cc1ccccc1)Cc1cc(OC)c(OC)c(OC)c1. The number of carbonyl (C=O) groups is 1. The third-order valence-electron chi connectivity index (χ3n) is 4.29. The fourth-order valence-electron chi connectivity index (χ4n) is 2.92. The second kappa shape index (κ2) is 11.9. The van der Waals surface area contributed by atoms with Crippen molar-refractivity contribution in [3.63, 3.8) is 0 Å². The highest BCUT2D eigenvalue weighted by atomic mass is 32.1. The van der Waals surface area contributed by atoms with Crippen LogP contribution in [0.2, 0.25) is 0 Å². The van der Waals surface area contributed by atoms with Crippen molar-refractivity contribution >= 4 is 23.3 Å². The first-order chi connectivity index (χ1) is 14.5. The predicted octanol–water partition coefficient (Wildman–Crippen LogP) is 3.15. The third kappa shape index (κ3) is 6.52. The Morgan fingerprint density at radius 1 is 0.967 bits per heavy atom. The summed E-state index contributed by atoms with van der Waals surface area (Å²) in [7, 11) is 4.72. The molecule has 0 aliphatic carbocycles. The standard InChI is InChI=1S/C22H28N2O5S/c1-5-29-20(25)13-23-22(30)24(14-16-9-7-6-8-10-16)15-17-11-18(26-2)21(28-4)19(12-17)27-3/h6-12H,5,13-15H2,1-4H3,(H,23,30). The van der Waals surface area contributed by atoms with Gasteiger partial charge >= 0.3 is 5.97 Å². The molecule has 2 aromatic carbocycles. The molecule has 0 spiro atoms. The summed E-state index contributed by atoms with van der Waals surface area (Å²) in [6.45, 7) is 3.13. The number of esters is 1. The van der Waals surface area contributed by atoms with Crippen molar-refractivity contribution in [3.8, 4) is 17.2 Å². The Balaban J connectivity index is 2.26. The lowest BCUT2D eigenvalue weighted by Gasteiger charge is -2.26. The van der Waals surface area contributed by atoms with E-state index >= 15 is 0 Å². The molecular formula is C22H28N2O5S. The number of nitrogens with one attached hydrogen (secondary N) is 1. The first kappa shape index (κ1) is 23.3. The number of hydrogen-bond donors (Lipinski definition) is 1. The van der Waals surface area contributed by atoms with Crippen LogP contribution in [0.15, 0.2) is 42.5 Å². The molecule has 8 heteroatoms. The molecule has 0 fully saturated rings. The van der Waals surface area contributed by atoms with Gasteiger partial charge in [0.15, 0.2) is 16.6 Å². The fourth-order valence-corrected chi connectivity index (χ4v) is 3.12. The highest BCUT2D eigenvalue weighted by molar-refractivity contribution is 7.80. The lowest BCUT2D eigenvalue weighted by Crippen LogP contribution is -2.41. The Hall–Kier alpha value is -3.00. The predicted molar refractivity (Wildman–Crippen MR) is 119 cm³/mol. The van der Waals surface area contributed by atoms with Crippen LogP contribution in [-0.4, -0.2) is 50.5 Å². The molecule has 2 rings (SSSR count). The van der Waals surface area contributed by atoms with Crippen LogP contribution in [0.1, 0.15) is 18.1 Å². The van der Waals surface area contributed by atoms with Crippen molar-refractivity contribution in [2.75, 3.05) is 34.5 Å². The first-order valence-electron chi connectivity index (χ1n) is 9.53. The maximum atomic E-state index is 11.7. The third-order valence-corrected chi connectivity index (χ3v) is 4.69. The lowest BCUT2D eigenvalue weighted by atomic mass is 10.1. The van der Waals surface area contributed by atoms with E-state index in [9.17, 15) is 4.79 Å². The molecule has 0 bridgehead atoms. The van der Waals surface area contributed by atoms with Crippen LogP contribution in [0.3, 0.4) is 0 Å². The number of carbonyl (C=O) groups excluding carboxylic acids is 1. The Kier molecular flexibility index (Phi) is 9.21. The van der Waals surface area contributed by atoms with Crippen molar-refractivity contribution < 1.29 is 23.7 Å². The summed E-state index contributed by atoms with van der Waals surface area (Å²) in [5.41, 5.74) is 2.01. The van der Waals surface area contributed by atoms with E-state index in [2.05, 4.69) is 5.32 Å². The van der Waals surface area contributed by atoms with Gasteiger partial charge in [-0.15, -0.1) is 0 Å². The van der Waals surface area contributed by atoms with Gasteiger partial charge in [-0.05, 0) is 42.4 Å². The zero-order chi connectivity index (χ0) is 21.9. The van der Waals surface area contributed by atoms with Crippen LogP contribution < -0.4 is 19.5 Å². The number of thiocarbonyl (C=S) groups is 1. The van der Waals surface area contributed by atoms with Gasteiger partial charge in [0.1, 0.15) is 6.54 Å². The highest BCUT2D eigenvalue weighted by Crippen LogP contribution is 2.38. The number of rotatable bonds is 10. The van der Waals surface area contributed by atoms with Crippen molar-refractivity contribution in [2.24, 2.45) is 0 Å². The molecule has 0 unspecified atom stereocenters. The monoisotopic (exact) mass is 432 g/mol. The zero-order valence-electron chi connectivity index (χ0n) is 17.8. The van der Waals surface area contributed by atoms with Crippen LogP contribution in [0.25, 0.3) is 0 Å². The van der Waals surface area contributed by atoms with Gasteiger partial charge in [-0.25, -0.2) is 0 Å². The smallest absolute Gasteiger partial charge is 0.325 e. The number of benzene rings is 2. The van der Waals surface area contributed by atoms with E-state index in [1.165, 1.54) is 0 Å². The lowest BCUT2D eigenvalue weighted by molar-refractivity contribution is -0.141. The Labute approximate surface area is 182 Å². The molecule has 0 heterocycles. The van der Waals surface area contributed by atoms with Gasteiger partial charge in [0.05, 0.1) is 27.9 Å². The van der Waals surface area contributed by atoms with Gasteiger partial charge in [0.2, 0.25) is 5.75 Å². The molecule has 7 nitrogen and oxygen atoms in total. The summed E-state index contributed by atoms with van der Waals surface area (Å²) in [4.78, 5) is 13.7. The molecule has 2 aromatic rings. The Bertz CT molecular complexity index is 820. The van der Waals surface area contributed by atoms with Crippen molar-refractivity contribution in [3.05, 3.63) is 53.6 Å². The van der Waals surface area contributed by atoms with Gasteiger partial charge < -0.3 is 29.2 Å². The van der Waals surface area contributed by atoms with Crippen LogP contribution in [0.4, 0.5) is 0 Å². The average molecular weight is 433 g/mol. The van der Waals surface area contributed by atoms with E-state index in [0.717, 1.165) is 11.1 Å². The molecule has 0 aliphatic rings. The molecular weight excluding hydrogens is 404 g/mol. The van der Waals surface area contributed by atoms with Crippen molar-refractivity contribution in [1.29, 1.82) is 0 Å². The first-order valence-corrected chi connectivity index (χ1v) is 9.94. The van der Waals surface area contributed by atoms with Crippen LogP contribution in [-0.2, 0) is 22.6 Å². The van der Waals surface area contributed by atoms with Crippen LogP contribution >= 0.6 is 12.2 Å². The van der Waals surface area contributed by atoms with Crippen LogP contribution in [0, 0.1) is 0 Å². The molecule has 0 amide bonds. The van der Waals surface area contributed by atoms with Crippen molar-refractivity contribution in [2.45, 2.75) is 20.0 Å². The molecule has 30 heavy (non-hydrogen) atoms. The second-order valence-electron chi connectivity index (χ2n) is 6.34. The number of methoxy groups -OCH3 is 3. The number of nitrogens with zero attached hydrogens (tertiary/aromatic N) is 1. The average Bonchev–Trinajstić information content (AvgIpc) is 2.77. The molecule has 0 aliphatic heterocycles. The van der Waals surface area contributed by atoms with E-state index in [1.54, 1.807) is 28.3 Å². The quantitative estimate of drug-likeness (QED) is 0.454. The molecule has 0 radical (unpaired) electrons. The molecule has 0 aromatic heterocycles. The minimum atomic E-state index is -0.354. The largest absolute Gasteiger partial charge is 0.493 e. The summed E-state index contributed by atoms with van der Waals surface area (Å²) in [5.74, 6) is 1.31. The molecule has 0 atom stereocenters. The van der Waals surface area contributed by atoms with Crippen LogP contribution in [0.5, 0.6) is 17.2 Å². The summed E-state index contributed by atoms with van der Waals surface area (Å²) < 4.78 is 21.3. The van der Waals surface area contributed by atoms with Gasteiger partial charge in [-0.2, -0.15) is 0 Å². The van der Waals surface area contributed by atoms with Gasteiger partial charge in [0, 0.05) is 13.1 Å². The Morgan fingerprint density at radius 3 is 2.10 bits per heavy atom. The molecule has 162 valence electrons. The minimum Gasteiger partial charge on any atom is -0.493 e. The number of hydrogen-bond acceptors (Lipinski definition) is 6. The van der Waals surface area contributed by atoms with Gasteiger partial charge in [-0.3, -0.25) is 4.79 Å². The van der Waals surface area contributed by atoms with E-state index in [0.29, 0.717) is 42.1 Å². The molecule has 0 saturated carbocycles. The highest BCUT2D eigenvalue weighted by Gasteiger charge is 2.17. The van der Waals surface area contributed by atoms with E-state index in [4.69, 9.17) is 31.2 Å². The van der Waals surface area contributed by atoms with E-state index in [-0.39, 0.29) is 12.5 Å². The Morgan fingerprint density at radius 2 is 1.57 bits per heavy atom. The molecule has 0 saturated heterocycles. The van der Waals surface area contributed by atoms with E-state index < -0.39 is 0 Å². The maximum absolute atomic E-state index is 11.7. The summed E-state index contributed by atoms with van der Waals surface area (Å²) in [5, 5.41) is 3.43. The summed E-state index contributed by atoms with van der Waals surface area (Å²) in [6.07, 6.45) is 0. The molecule has 1 N–H and O–H groups in total. The normalized spacial score (nSPS) is 10.1. The second-order valence-corrected chi connectivity index (χ2v) is 6.73. The summed E-state index contributed by atoms with van der Waals surface area (Å²) >= 11 is 5.57. The number of ether oxygens (including phenoxy) is 4. The topological polar surface area (TPSA) is 69.3 Å². The summed E-state index contributed by atoms with van der Waals surface area (Å²) in [6, 6.07) is 13.7. The fraction of sp³-hybridized carbons (Fsp3) is 0.364. The minimum absolute atomic E-state index is 0.00716. The van der Waals surface area contributed by atoms with E-state index in [1.807, 2.05) is 47.4 Å². The van der Waals surface area contributed by atoms with Gasteiger partial charge in [0.25, 0.3) is 0 Å². The maximum Gasteiger partial charge on any atom is 0.325 e. The zero-order valence-corrected chi connectivity index (χ0v) is 18.6. The van der Waals surface area contributed by atoms with Crippen molar-refractivity contribution in [1.82, 2.24) is 10.2 Å².